The van der Waals surface area contributed by atoms with Gasteiger partial charge in [0.15, 0.2) is 11.5 Å². The van der Waals surface area contributed by atoms with Crippen molar-refractivity contribution < 1.29 is 15.3 Å². The van der Waals surface area contributed by atoms with E-state index in [1.807, 2.05) is 18.2 Å². The topological polar surface area (TPSA) is 63.9 Å². The van der Waals surface area contributed by atoms with E-state index in [9.17, 15) is 15.3 Å². The maximum absolute atomic E-state index is 10.1. The van der Waals surface area contributed by atoms with E-state index in [1.165, 1.54) is 5.56 Å². The van der Waals surface area contributed by atoms with Gasteiger partial charge in [-0.3, -0.25) is 4.90 Å². The molecule has 0 radical (unpaired) electrons. The van der Waals surface area contributed by atoms with Gasteiger partial charge in [0.25, 0.3) is 0 Å². The SMILES string of the molecule is CC(c1ccccc1O)N1CC2CCc3cc(O)c(O)cc3C2C1. The first-order chi connectivity index (χ1) is 11.5. The highest BCUT2D eigenvalue weighted by molar-refractivity contribution is 5.48. The molecule has 4 rings (SSSR count). The molecule has 0 aromatic heterocycles. The number of aryl methyl sites for hydroxylation is 1. The fraction of sp³-hybridized carbons (Fsp3) is 0.400. The van der Waals surface area contributed by atoms with Crippen molar-refractivity contribution in [1.29, 1.82) is 0 Å². The summed E-state index contributed by atoms with van der Waals surface area (Å²) in [6, 6.07) is 11.2. The third-order valence-corrected chi connectivity index (χ3v) is 5.82. The molecule has 1 saturated heterocycles. The van der Waals surface area contributed by atoms with Crippen LogP contribution in [-0.4, -0.2) is 33.3 Å². The highest BCUT2D eigenvalue weighted by Gasteiger charge is 2.39. The number of likely N-dealkylation sites (tertiary alicyclic amines) is 1. The standard InChI is InChI=1S/C20H23NO3/c1-12(15-4-2-3-5-18(15)22)21-10-14-7-6-13-8-19(23)20(24)9-16(13)17(14)11-21/h2-5,8-9,12,14,17,22-24H,6-7,10-11H2,1H3. The smallest absolute Gasteiger partial charge is 0.157 e. The van der Waals surface area contributed by atoms with E-state index in [2.05, 4.69) is 11.8 Å². The van der Waals surface area contributed by atoms with E-state index >= 15 is 0 Å². The Labute approximate surface area is 142 Å². The van der Waals surface area contributed by atoms with Gasteiger partial charge in [-0.05, 0) is 55.0 Å². The Morgan fingerprint density at radius 1 is 1.00 bits per heavy atom. The molecule has 2 aromatic carbocycles. The summed E-state index contributed by atoms with van der Waals surface area (Å²) in [5.41, 5.74) is 3.29. The molecule has 1 aliphatic carbocycles. The molecular weight excluding hydrogens is 302 g/mol. The molecule has 2 aliphatic rings. The van der Waals surface area contributed by atoms with Gasteiger partial charge in [-0.15, -0.1) is 0 Å². The number of fused-ring (bicyclic) bond motifs is 3. The van der Waals surface area contributed by atoms with Gasteiger partial charge >= 0.3 is 0 Å². The fourth-order valence-electron chi connectivity index (χ4n) is 4.44. The van der Waals surface area contributed by atoms with Crippen molar-refractivity contribution in [3.8, 4) is 17.2 Å². The monoisotopic (exact) mass is 325 g/mol. The second kappa shape index (κ2) is 5.71. The number of hydrogen-bond donors (Lipinski definition) is 3. The van der Waals surface area contributed by atoms with Gasteiger partial charge in [0.05, 0.1) is 0 Å². The van der Waals surface area contributed by atoms with Crippen LogP contribution < -0.4 is 0 Å². The second-order valence-corrected chi connectivity index (χ2v) is 7.13. The molecule has 4 heteroatoms. The molecule has 0 bridgehead atoms. The maximum Gasteiger partial charge on any atom is 0.157 e. The quantitative estimate of drug-likeness (QED) is 0.739. The van der Waals surface area contributed by atoms with Crippen molar-refractivity contribution in [3.05, 3.63) is 53.1 Å². The molecule has 1 aliphatic heterocycles. The average Bonchev–Trinajstić information content (AvgIpc) is 3.00. The number of phenols is 3. The Kier molecular flexibility index (Phi) is 3.65. The van der Waals surface area contributed by atoms with Gasteiger partial charge in [0.1, 0.15) is 5.75 Å². The number of para-hydroxylation sites is 1. The van der Waals surface area contributed by atoms with E-state index < -0.39 is 0 Å². The molecule has 0 spiro atoms. The third-order valence-electron chi connectivity index (χ3n) is 5.82. The van der Waals surface area contributed by atoms with Gasteiger partial charge < -0.3 is 15.3 Å². The number of aromatic hydroxyl groups is 3. The van der Waals surface area contributed by atoms with E-state index in [0.717, 1.165) is 37.1 Å². The minimum atomic E-state index is -0.0263. The molecule has 3 N–H and O–H groups in total. The fourth-order valence-corrected chi connectivity index (χ4v) is 4.44. The summed E-state index contributed by atoms with van der Waals surface area (Å²) in [6.07, 6.45) is 2.05. The summed E-state index contributed by atoms with van der Waals surface area (Å²) in [6.45, 7) is 4.06. The van der Waals surface area contributed by atoms with Gasteiger partial charge in [-0.2, -0.15) is 0 Å². The predicted molar refractivity (Wildman–Crippen MR) is 92.4 cm³/mol. The van der Waals surface area contributed by atoms with E-state index in [4.69, 9.17) is 0 Å². The first kappa shape index (κ1) is 15.3. The summed E-state index contributed by atoms with van der Waals surface area (Å²) in [5.74, 6) is 1.25. The molecule has 2 aromatic rings. The lowest BCUT2D eigenvalue weighted by Gasteiger charge is -2.27. The molecule has 4 nitrogen and oxygen atoms in total. The Bertz CT molecular complexity index is 773. The van der Waals surface area contributed by atoms with E-state index in [-0.39, 0.29) is 17.5 Å². The lowest BCUT2D eigenvalue weighted by atomic mass is 9.77. The summed E-state index contributed by atoms with van der Waals surface area (Å²) in [4.78, 5) is 2.42. The van der Waals surface area contributed by atoms with E-state index in [1.54, 1.807) is 18.2 Å². The summed E-state index contributed by atoms with van der Waals surface area (Å²) < 4.78 is 0. The van der Waals surface area contributed by atoms with Crippen LogP contribution in [0.15, 0.2) is 36.4 Å². The second-order valence-electron chi connectivity index (χ2n) is 7.13. The number of phenolic OH excluding ortho intramolecular Hbond substituents is 3. The Morgan fingerprint density at radius 3 is 2.54 bits per heavy atom. The van der Waals surface area contributed by atoms with Crippen LogP contribution in [0.3, 0.4) is 0 Å². The lowest BCUT2D eigenvalue weighted by molar-refractivity contribution is 0.246. The Hall–Kier alpha value is -2.20. The summed E-state index contributed by atoms with van der Waals surface area (Å²) >= 11 is 0. The molecule has 0 amide bonds. The third kappa shape index (κ3) is 2.42. The van der Waals surface area contributed by atoms with Crippen LogP contribution >= 0.6 is 0 Å². The van der Waals surface area contributed by atoms with Crippen molar-refractivity contribution in [1.82, 2.24) is 4.90 Å². The molecule has 24 heavy (non-hydrogen) atoms. The van der Waals surface area contributed by atoms with Crippen LogP contribution in [0.1, 0.15) is 42.0 Å². The molecule has 1 heterocycles. The summed E-state index contributed by atoms with van der Waals surface area (Å²) in [5, 5.41) is 29.8. The van der Waals surface area contributed by atoms with Gasteiger partial charge in [-0.25, -0.2) is 0 Å². The highest BCUT2D eigenvalue weighted by Crippen LogP contribution is 2.46. The van der Waals surface area contributed by atoms with Gasteiger partial charge in [-0.1, -0.05) is 18.2 Å². The van der Waals surface area contributed by atoms with Crippen molar-refractivity contribution in [3.63, 3.8) is 0 Å². The van der Waals surface area contributed by atoms with Crippen LogP contribution in [-0.2, 0) is 6.42 Å². The Balaban J connectivity index is 1.62. The number of benzene rings is 2. The van der Waals surface area contributed by atoms with E-state index in [0.29, 0.717) is 17.6 Å². The first-order valence-corrected chi connectivity index (χ1v) is 8.61. The molecular formula is C20H23NO3. The van der Waals surface area contributed by atoms with Crippen LogP contribution in [0.5, 0.6) is 17.2 Å². The molecule has 126 valence electrons. The predicted octanol–water partition coefficient (Wildman–Crippen LogP) is 3.53. The molecule has 3 unspecified atom stereocenters. The van der Waals surface area contributed by atoms with Gasteiger partial charge in [0.2, 0.25) is 0 Å². The van der Waals surface area contributed by atoms with Crippen molar-refractivity contribution >= 4 is 0 Å². The zero-order valence-corrected chi connectivity index (χ0v) is 13.8. The zero-order chi connectivity index (χ0) is 16.8. The molecule has 3 atom stereocenters. The van der Waals surface area contributed by atoms with Crippen LogP contribution in [0.2, 0.25) is 0 Å². The van der Waals surface area contributed by atoms with Crippen molar-refractivity contribution in [2.75, 3.05) is 13.1 Å². The maximum atomic E-state index is 10.1. The number of hydrogen-bond acceptors (Lipinski definition) is 4. The number of rotatable bonds is 2. The van der Waals surface area contributed by atoms with Crippen molar-refractivity contribution in [2.24, 2.45) is 5.92 Å². The molecule has 1 fully saturated rings. The lowest BCUT2D eigenvalue weighted by Crippen LogP contribution is -2.24. The number of nitrogens with zero attached hydrogens (tertiary/aromatic N) is 1. The zero-order valence-electron chi connectivity index (χ0n) is 13.8. The average molecular weight is 325 g/mol. The van der Waals surface area contributed by atoms with Gasteiger partial charge in [0, 0.05) is 30.6 Å². The van der Waals surface area contributed by atoms with Crippen LogP contribution in [0, 0.1) is 5.92 Å². The molecule has 0 saturated carbocycles. The Morgan fingerprint density at radius 2 is 1.75 bits per heavy atom. The van der Waals surface area contributed by atoms with Crippen LogP contribution in [0.25, 0.3) is 0 Å². The largest absolute Gasteiger partial charge is 0.508 e. The van der Waals surface area contributed by atoms with Crippen molar-refractivity contribution in [2.45, 2.75) is 31.7 Å². The normalized spacial score (nSPS) is 24.4. The van der Waals surface area contributed by atoms with Crippen LogP contribution in [0.4, 0.5) is 0 Å². The highest BCUT2D eigenvalue weighted by atomic mass is 16.3. The first-order valence-electron chi connectivity index (χ1n) is 8.61. The minimum Gasteiger partial charge on any atom is -0.508 e. The minimum absolute atomic E-state index is 0.0235. The summed E-state index contributed by atoms with van der Waals surface area (Å²) in [7, 11) is 0.